The molecule has 88 valence electrons. The Kier molecular flexibility index (Phi) is 5.05. The quantitative estimate of drug-likeness (QED) is 0.694. The molecule has 15 heavy (non-hydrogen) atoms. The zero-order valence-corrected chi connectivity index (χ0v) is 10.0. The highest BCUT2D eigenvalue weighted by Gasteiger charge is 2.19. The predicted octanol–water partition coefficient (Wildman–Crippen LogP) is 0.0523. The van der Waals surface area contributed by atoms with Crippen LogP contribution in [0.2, 0.25) is 0 Å². The first kappa shape index (κ1) is 12.5. The summed E-state index contributed by atoms with van der Waals surface area (Å²) < 4.78 is 0. The van der Waals surface area contributed by atoms with Crippen molar-refractivity contribution in [2.45, 2.75) is 26.8 Å². The molecule has 0 aromatic heterocycles. The minimum Gasteiger partial charge on any atom is -0.352 e. The highest BCUT2D eigenvalue weighted by molar-refractivity contribution is 5.73. The van der Waals surface area contributed by atoms with E-state index in [2.05, 4.69) is 29.4 Å². The molecule has 1 fully saturated rings. The molecule has 1 aliphatic heterocycles. The van der Waals surface area contributed by atoms with Gasteiger partial charge in [0.25, 0.3) is 0 Å². The van der Waals surface area contributed by atoms with Gasteiger partial charge in [0.1, 0.15) is 0 Å². The van der Waals surface area contributed by atoms with Crippen LogP contribution in [0.5, 0.6) is 0 Å². The average molecular weight is 213 g/mol. The second kappa shape index (κ2) is 6.08. The number of piperazine rings is 1. The molecule has 1 saturated heterocycles. The lowest BCUT2D eigenvalue weighted by molar-refractivity contribution is -0.120. The average Bonchev–Trinajstić information content (AvgIpc) is 2.17. The Labute approximate surface area is 92.4 Å². The maximum absolute atomic E-state index is 11.1. The van der Waals surface area contributed by atoms with E-state index < -0.39 is 0 Å². The molecule has 1 rings (SSSR count). The van der Waals surface area contributed by atoms with Crippen LogP contribution >= 0.6 is 0 Å². The SMILES string of the molecule is CC(=O)N[C@H](CN1CCNCC1)C(C)C. The third kappa shape index (κ3) is 4.62. The van der Waals surface area contributed by atoms with Crippen LogP contribution in [0.15, 0.2) is 0 Å². The van der Waals surface area contributed by atoms with Crippen molar-refractivity contribution < 1.29 is 4.79 Å². The van der Waals surface area contributed by atoms with Crippen molar-refractivity contribution in [2.75, 3.05) is 32.7 Å². The van der Waals surface area contributed by atoms with Crippen molar-refractivity contribution in [3.05, 3.63) is 0 Å². The van der Waals surface area contributed by atoms with E-state index in [4.69, 9.17) is 0 Å². The van der Waals surface area contributed by atoms with Gasteiger partial charge >= 0.3 is 0 Å². The highest BCUT2D eigenvalue weighted by Crippen LogP contribution is 2.05. The Balaban J connectivity index is 2.38. The van der Waals surface area contributed by atoms with Crippen LogP contribution in [0.1, 0.15) is 20.8 Å². The van der Waals surface area contributed by atoms with Gasteiger partial charge in [-0.05, 0) is 5.92 Å². The molecule has 1 atom stereocenters. The molecular weight excluding hydrogens is 190 g/mol. The first-order chi connectivity index (χ1) is 7.09. The van der Waals surface area contributed by atoms with Crippen molar-refractivity contribution in [2.24, 2.45) is 5.92 Å². The molecule has 0 radical (unpaired) electrons. The standard InChI is InChI=1S/C11H23N3O/c1-9(2)11(13-10(3)15)8-14-6-4-12-5-7-14/h9,11-12H,4-8H2,1-3H3,(H,13,15)/t11-/m1/s1. The lowest BCUT2D eigenvalue weighted by atomic mass is 10.0. The van der Waals surface area contributed by atoms with E-state index in [1.54, 1.807) is 6.92 Å². The molecule has 0 aromatic carbocycles. The van der Waals surface area contributed by atoms with Crippen molar-refractivity contribution in [1.29, 1.82) is 0 Å². The fraction of sp³-hybridized carbons (Fsp3) is 0.909. The summed E-state index contributed by atoms with van der Waals surface area (Å²) in [4.78, 5) is 13.5. The molecule has 0 bridgehead atoms. The van der Waals surface area contributed by atoms with E-state index >= 15 is 0 Å². The van der Waals surface area contributed by atoms with Gasteiger partial charge in [0.05, 0.1) is 0 Å². The summed E-state index contributed by atoms with van der Waals surface area (Å²) in [6.45, 7) is 11.2. The van der Waals surface area contributed by atoms with Crippen LogP contribution in [-0.4, -0.2) is 49.6 Å². The molecule has 0 saturated carbocycles. The molecule has 0 aromatic rings. The minimum absolute atomic E-state index is 0.0730. The monoisotopic (exact) mass is 213 g/mol. The smallest absolute Gasteiger partial charge is 0.217 e. The lowest BCUT2D eigenvalue weighted by Gasteiger charge is -2.32. The fourth-order valence-corrected chi connectivity index (χ4v) is 1.86. The van der Waals surface area contributed by atoms with Crippen LogP contribution in [0.25, 0.3) is 0 Å². The molecule has 0 spiro atoms. The van der Waals surface area contributed by atoms with Gasteiger partial charge in [-0.25, -0.2) is 0 Å². The largest absolute Gasteiger partial charge is 0.352 e. The third-order valence-corrected chi connectivity index (χ3v) is 2.86. The molecule has 4 nitrogen and oxygen atoms in total. The normalized spacial score (nSPS) is 20.3. The summed E-state index contributed by atoms with van der Waals surface area (Å²) in [5, 5.41) is 6.35. The van der Waals surface area contributed by atoms with Gasteiger partial charge in [-0.2, -0.15) is 0 Å². The van der Waals surface area contributed by atoms with Crippen molar-refractivity contribution in [3.8, 4) is 0 Å². The summed E-state index contributed by atoms with van der Waals surface area (Å²) in [5.41, 5.74) is 0. The van der Waals surface area contributed by atoms with E-state index in [1.165, 1.54) is 0 Å². The maximum atomic E-state index is 11.1. The number of hydrogen-bond acceptors (Lipinski definition) is 3. The number of amides is 1. The second-order valence-electron chi connectivity index (χ2n) is 4.60. The Morgan fingerprint density at radius 2 is 2.00 bits per heavy atom. The van der Waals surface area contributed by atoms with Gasteiger partial charge in [0, 0.05) is 45.7 Å². The summed E-state index contributed by atoms with van der Waals surface area (Å²) >= 11 is 0. The topological polar surface area (TPSA) is 44.4 Å². The first-order valence-electron chi connectivity index (χ1n) is 5.79. The summed E-state index contributed by atoms with van der Waals surface area (Å²) in [5.74, 6) is 0.563. The maximum Gasteiger partial charge on any atom is 0.217 e. The Bertz CT molecular complexity index is 200. The van der Waals surface area contributed by atoms with Gasteiger partial charge in [-0.3, -0.25) is 9.69 Å². The second-order valence-corrected chi connectivity index (χ2v) is 4.60. The van der Waals surface area contributed by atoms with E-state index in [9.17, 15) is 4.79 Å². The molecule has 2 N–H and O–H groups in total. The summed E-state index contributed by atoms with van der Waals surface area (Å²) in [6.07, 6.45) is 0. The predicted molar refractivity (Wildman–Crippen MR) is 61.8 cm³/mol. The van der Waals surface area contributed by atoms with Crippen LogP contribution < -0.4 is 10.6 Å². The van der Waals surface area contributed by atoms with Crippen molar-refractivity contribution in [1.82, 2.24) is 15.5 Å². The van der Waals surface area contributed by atoms with E-state index in [0.717, 1.165) is 32.7 Å². The van der Waals surface area contributed by atoms with Crippen LogP contribution in [0, 0.1) is 5.92 Å². The van der Waals surface area contributed by atoms with E-state index in [0.29, 0.717) is 5.92 Å². The number of nitrogens with zero attached hydrogens (tertiary/aromatic N) is 1. The van der Waals surface area contributed by atoms with Crippen LogP contribution in [0.3, 0.4) is 0 Å². The van der Waals surface area contributed by atoms with Crippen molar-refractivity contribution >= 4 is 5.91 Å². The van der Waals surface area contributed by atoms with Gasteiger partial charge in [-0.15, -0.1) is 0 Å². The first-order valence-corrected chi connectivity index (χ1v) is 5.79. The zero-order valence-electron chi connectivity index (χ0n) is 10.0. The molecule has 0 aliphatic carbocycles. The Morgan fingerprint density at radius 1 is 1.40 bits per heavy atom. The fourth-order valence-electron chi connectivity index (χ4n) is 1.86. The number of rotatable bonds is 4. The van der Waals surface area contributed by atoms with Gasteiger partial charge in [0.2, 0.25) is 5.91 Å². The number of carbonyl (C=O) groups is 1. The summed E-state index contributed by atoms with van der Waals surface area (Å²) in [6, 6.07) is 0.278. The third-order valence-electron chi connectivity index (χ3n) is 2.86. The molecule has 0 unspecified atom stereocenters. The van der Waals surface area contributed by atoms with E-state index in [1.807, 2.05) is 0 Å². The van der Waals surface area contributed by atoms with Crippen molar-refractivity contribution in [3.63, 3.8) is 0 Å². The number of hydrogen-bond donors (Lipinski definition) is 2. The number of nitrogens with one attached hydrogen (secondary N) is 2. The van der Waals surface area contributed by atoms with Gasteiger partial charge < -0.3 is 10.6 Å². The van der Waals surface area contributed by atoms with Gasteiger partial charge in [0.15, 0.2) is 0 Å². The minimum atomic E-state index is 0.0730. The van der Waals surface area contributed by atoms with Crippen LogP contribution in [0.4, 0.5) is 0 Å². The molecule has 4 heteroatoms. The number of carbonyl (C=O) groups excluding carboxylic acids is 1. The van der Waals surface area contributed by atoms with Gasteiger partial charge in [-0.1, -0.05) is 13.8 Å². The Morgan fingerprint density at radius 3 is 2.47 bits per heavy atom. The molecular formula is C11H23N3O. The van der Waals surface area contributed by atoms with E-state index in [-0.39, 0.29) is 11.9 Å². The molecule has 1 heterocycles. The molecule has 1 aliphatic rings. The highest BCUT2D eigenvalue weighted by atomic mass is 16.1. The summed E-state index contributed by atoms with van der Waals surface area (Å²) in [7, 11) is 0. The molecule has 1 amide bonds. The van der Waals surface area contributed by atoms with Crippen LogP contribution in [-0.2, 0) is 4.79 Å². The zero-order chi connectivity index (χ0) is 11.3. The lowest BCUT2D eigenvalue weighted by Crippen LogP contribution is -2.51. The Hall–Kier alpha value is -0.610.